The van der Waals surface area contributed by atoms with Gasteiger partial charge in [-0.1, -0.05) is 18.2 Å². The summed E-state index contributed by atoms with van der Waals surface area (Å²) < 4.78 is 5.63. The Morgan fingerprint density at radius 2 is 2.19 bits per heavy atom. The van der Waals surface area contributed by atoms with Crippen molar-refractivity contribution in [1.29, 1.82) is 0 Å². The van der Waals surface area contributed by atoms with Crippen molar-refractivity contribution in [1.82, 2.24) is 15.6 Å². The lowest BCUT2D eigenvalue weighted by atomic mass is 9.91. The Labute approximate surface area is 159 Å². The Morgan fingerprint density at radius 1 is 1.30 bits per heavy atom. The number of ether oxygens (including phenoxy) is 1. The van der Waals surface area contributed by atoms with Gasteiger partial charge in [0.2, 0.25) is 5.91 Å². The second-order valence-corrected chi connectivity index (χ2v) is 6.22. The van der Waals surface area contributed by atoms with E-state index >= 15 is 0 Å². The van der Waals surface area contributed by atoms with E-state index in [0.29, 0.717) is 26.1 Å². The lowest BCUT2D eigenvalue weighted by molar-refractivity contribution is -0.116. The van der Waals surface area contributed by atoms with Gasteiger partial charge in [-0.3, -0.25) is 14.8 Å². The first kappa shape index (κ1) is 18.7. The normalized spacial score (nSPS) is 16.3. The Morgan fingerprint density at radius 3 is 3.00 bits per heavy atom. The molecule has 27 heavy (non-hydrogen) atoms. The molecule has 1 atom stereocenters. The zero-order valence-corrected chi connectivity index (χ0v) is 15.4. The quantitative estimate of drug-likeness (QED) is 0.396. The third kappa shape index (κ3) is 5.44. The number of pyridine rings is 1. The van der Waals surface area contributed by atoms with Crippen molar-refractivity contribution in [3.63, 3.8) is 0 Å². The van der Waals surface area contributed by atoms with E-state index in [2.05, 4.69) is 32.0 Å². The van der Waals surface area contributed by atoms with Crippen LogP contribution in [0.2, 0.25) is 0 Å². The van der Waals surface area contributed by atoms with Crippen molar-refractivity contribution in [2.24, 2.45) is 4.99 Å². The van der Waals surface area contributed by atoms with Crippen LogP contribution in [-0.4, -0.2) is 43.1 Å². The van der Waals surface area contributed by atoms with Crippen molar-refractivity contribution in [3.8, 4) is 5.75 Å². The minimum Gasteiger partial charge on any atom is -0.490 e. The summed E-state index contributed by atoms with van der Waals surface area (Å²) in [5.74, 6) is 1.58. The molecule has 3 rings (SSSR count). The number of amides is 1. The van der Waals surface area contributed by atoms with Crippen molar-refractivity contribution in [2.75, 3.05) is 31.6 Å². The standard InChI is InChI=1S/C20H25N5O2/c1-2-22-20(23-10-11-27-16-6-5-9-21-14-16)24-13-15-12-19(26)25-18-8-4-3-7-17(15)18/h3-9,14-15H,2,10-13H2,1H3,(H,25,26)(H2,22,23,24). The Balaban J connectivity index is 1.55. The average molecular weight is 367 g/mol. The number of carbonyl (C=O) groups is 1. The smallest absolute Gasteiger partial charge is 0.225 e. The van der Waals surface area contributed by atoms with Crippen molar-refractivity contribution >= 4 is 17.6 Å². The number of aliphatic imine (C=N–C) groups is 1. The van der Waals surface area contributed by atoms with E-state index in [9.17, 15) is 4.79 Å². The topological polar surface area (TPSA) is 87.6 Å². The van der Waals surface area contributed by atoms with Crippen LogP contribution in [0.25, 0.3) is 0 Å². The first-order valence-electron chi connectivity index (χ1n) is 9.20. The van der Waals surface area contributed by atoms with Gasteiger partial charge in [0.15, 0.2) is 5.96 Å². The number of aromatic nitrogens is 1. The molecule has 1 amide bonds. The van der Waals surface area contributed by atoms with Gasteiger partial charge in [-0.25, -0.2) is 0 Å². The maximum absolute atomic E-state index is 11.9. The Kier molecular flexibility index (Phi) is 6.62. The van der Waals surface area contributed by atoms with Crippen LogP contribution in [0.4, 0.5) is 5.69 Å². The molecule has 3 N–H and O–H groups in total. The zero-order valence-electron chi connectivity index (χ0n) is 15.4. The van der Waals surface area contributed by atoms with Crippen LogP contribution in [-0.2, 0) is 4.79 Å². The van der Waals surface area contributed by atoms with Crippen LogP contribution >= 0.6 is 0 Å². The van der Waals surface area contributed by atoms with Crippen LogP contribution in [0.1, 0.15) is 24.8 Å². The molecular formula is C20H25N5O2. The molecule has 2 aromatic rings. The predicted molar refractivity (Wildman–Crippen MR) is 106 cm³/mol. The third-order valence-corrected chi connectivity index (χ3v) is 4.22. The Hall–Kier alpha value is -3.09. The summed E-state index contributed by atoms with van der Waals surface area (Å²) in [6.45, 7) is 4.44. The van der Waals surface area contributed by atoms with E-state index in [0.717, 1.165) is 29.5 Å². The number of rotatable bonds is 7. The highest BCUT2D eigenvalue weighted by Crippen LogP contribution is 2.31. The number of fused-ring (bicyclic) bond motifs is 1. The minimum absolute atomic E-state index is 0.0386. The van der Waals surface area contributed by atoms with E-state index < -0.39 is 0 Å². The maximum Gasteiger partial charge on any atom is 0.225 e. The molecule has 1 aliphatic heterocycles. The van der Waals surface area contributed by atoms with Gasteiger partial charge in [-0.15, -0.1) is 0 Å². The number of nitrogens with one attached hydrogen (secondary N) is 3. The molecule has 0 spiro atoms. The first-order chi connectivity index (χ1) is 13.3. The summed E-state index contributed by atoms with van der Waals surface area (Å²) in [6.07, 6.45) is 3.85. The highest BCUT2D eigenvalue weighted by Gasteiger charge is 2.24. The number of anilines is 1. The highest BCUT2D eigenvalue weighted by atomic mass is 16.5. The summed E-state index contributed by atoms with van der Waals surface area (Å²) in [7, 11) is 0. The maximum atomic E-state index is 11.9. The molecule has 0 bridgehead atoms. The predicted octanol–water partition coefficient (Wildman–Crippen LogP) is 2.14. The molecule has 2 heterocycles. The number of carbonyl (C=O) groups excluding carboxylic acids is 1. The molecule has 142 valence electrons. The second-order valence-electron chi connectivity index (χ2n) is 6.22. The summed E-state index contributed by atoms with van der Waals surface area (Å²) in [5, 5.41) is 9.40. The third-order valence-electron chi connectivity index (χ3n) is 4.22. The fraction of sp³-hybridized carbons (Fsp3) is 0.350. The molecule has 0 saturated carbocycles. The lowest BCUT2D eigenvalue weighted by Crippen LogP contribution is -2.39. The van der Waals surface area contributed by atoms with E-state index in [1.165, 1.54) is 0 Å². The van der Waals surface area contributed by atoms with Crippen LogP contribution < -0.4 is 20.7 Å². The van der Waals surface area contributed by atoms with E-state index in [1.807, 2.05) is 37.3 Å². The molecule has 1 unspecified atom stereocenters. The number of guanidine groups is 1. The van der Waals surface area contributed by atoms with Gasteiger partial charge in [0.25, 0.3) is 0 Å². The largest absolute Gasteiger partial charge is 0.490 e. The number of nitrogens with zero attached hydrogens (tertiary/aromatic N) is 2. The summed E-state index contributed by atoms with van der Waals surface area (Å²) in [6, 6.07) is 11.6. The molecule has 0 saturated heterocycles. The van der Waals surface area contributed by atoms with E-state index in [1.54, 1.807) is 12.4 Å². The van der Waals surface area contributed by atoms with Gasteiger partial charge in [0.1, 0.15) is 12.4 Å². The summed E-state index contributed by atoms with van der Waals surface area (Å²) in [4.78, 5) is 20.6. The second kappa shape index (κ2) is 9.56. The molecule has 7 nitrogen and oxygen atoms in total. The van der Waals surface area contributed by atoms with E-state index in [-0.39, 0.29) is 11.8 Å². The fourth-order valence-corrected chi connectivity index (χ4v) is 2.98. The summed E-state index contributed by atoms with van der Waals surface area (Å²) in [5.41, 5.74) is 2.02. The van der Waals surface area contributed by atoms with Crippen LogP contribution in [0.3, 0.4) is 0 Å². The van der Waals surface area contributed by atoms with Crippen LogP contribution in [0.15, 0.2) is 53.8 Å². The number of hydrogen-bond donors (Lipinski definition) is 3. The molecule has 1 aromatic heterocycles. The lowest BCUT2D eigenvalue weighted by Gasteiger charge is -2.24. The van der Waals surface area contributed by atoms with Gasteiger partial charge < -0.3 is 20.7 Å². The van der Waals surface area contributed by atoms with Gasteiger partial charge in [0.05, 0.1) is 19.3 Å². The average Bonchev–Trinajstić information content (AvgIpc) is 2.69. The number of hydrogen-bond acceptors (Lipinski definition) is 4. The zero-order chi connectivity index (χ0) is 18.9. The van der Waals surface area contributed by atoms with E-state index in [4.69, 9.17) is 4.74 Å². The Bertz CT molecular complexity index is 779. The van der Waals surface area contributed by atoms with Crippen molar-refractivity contribution in [3.05, 3.63) is 54.4 Å². The van der Waals surface area contributed by atoms with Crippen molar-refractivity contribution < 1.29 is 9.53 Å². The van der Waals surface area contributed by atoms with Gasteiger partial charge in [-0.2, -0.15) is 0 Å². The molecule has 7 heteroatoms. The fourth-order valence-electron chi connectivity index (χ4n) is 2.98. The van der Waals surface area contributed by atoms with Gasteiger partial charge >= 0.3 is 0 Å². The summed E-state index contributed by atoms with van der Waals surface area (Å²) >= 11 is 0. The number of benzene rings is 1. The molecular weight excluding hydrogens is 342 g/mol. The molecule has 0 fully saturated rings. The van der Waals surface area contributed by atoms with Crippen molar-refractivity contribution in [2.45, 2.75) is 19.3 Å². The number of para-hydroxylation sites is 1. The molecule has 0 radical (unpaired) electrons. The molecule has 0 aliphatic carbocycles. The first-order valence-corrected chi connectivity index (χ1v) is 9.20. The highest BCUT2D eigenvalue weighted by molar-refractivity contribution is 5.94. The molecule has 1 aromatic carbocycles. The molecule has 1 aliphatic rings. The monoisotopic (exact) mass is 367 g/mol. The SMILES string of the molecule is CCNC(=NCC1CC(=O)Nc2ccccc21)NCCOc1cccnc1. The minimum atomic E-state index is 0.0386. The van der Waals surface area contributed by atoms with Crippen LogP contribution in [0, 0.1) is 0 Å². The van der Waals surface area contributed by atoms with Crippen LogP contribution in [0.5, 0.6) is 5.75 Å². The van der Waals surface area contributed by atoms with Gasteiger partial charge in [0, 0.05) is 30.8 Å². The van der Waals surface area contributed by atoms with Gasteiger partial charge in [-0.05, 0) is 30.7 Å².